The van der Waals surface area contributed by atoms with Gasteiger partial charge in [0.15, 0.2) is 0 Å². The number of rotatable bonds is 3. The number of allylic oxidation sites excluding steroid dienone is 2. The third-order valence-corrected chi connectivity index (χ3v) is 4.82. The summed E-state index contributed by atoms with van der Waals surface area (Å²) in [7, 11) is 0. The van der Waals surface area contributed by atoms with E-state index in [0.717, 1.165) is 0 Å². The molecule has 6 nitrogen and oxygen atoms in total. The largest absolute Gasteiger partial charge is 0.396 e. The van der Waals surface area contributed by atoms with E-state index in [1.165, 1.54) is 0 Å². The van der Waals surface area contributed by atoms with Gasteiger partial charge in [-0.15, -0.1) is 0 Å². The number of aromatic amines is 1. The smallest absolute Gasteiger partial charge is 0.328 e. The van der Waals surface area contributed by atoms with Crippen LogP contribution in [0, 0.1) is 24.2 Å². The van der Waals surface area contributed by atoms with Gasteiger partial charge in [0.2, 0.25) is 0 Å². The van der Waals surface area contributed by atoms with E-state index in [0.29, 0.717) is 12.0 Å². The van der Waals surface area contributed by atoms with Crippen molar-refractivity contribution in [3.8, 4) is 0 Å². The van der Waals surface area contributed by atoms with Gasteiger partial charge in [0.25, 0.3) is 5.56 Å². The fourth-order valence-electron chi connectivity index (χ4n) is 3.69. The highest BCUT2D eigenvalue weighted by molar-refractivity contribution is 5.22. The molecule has 1 saturated carbocycles. The van der Waals surface area contributed by atoms with E-state index in [1.54, 1.807) is 17.7 Å². The molecule has 3 rings (SSSR count). The Labute approximate surface area is 115 Å². The molecule has 1 heterocycles. The molecule has 0 spiro atoms. The van der Waals surface area contributed by atoms with Gasteiger partial charge in [0.1, 0.15) is 0 Å². The summed E-state index contributed by atoms with van der Waals surface area (Å²) < 4.78 is 1.54. The minimum atomic E-state index is -0.576. The summed E-state index contributed by atoms with van der Waals surface area (Å²) in [6.45, 7) is 1.44. The Morgan fingerprint density at radius 3 is 2.65 bits per heavy atom. The summed E-state index contributed by atoms with van der Waals surface area (Å²) in [5, 5.41) is 19.3. The molecule has 2 bridgehead atoms. The van der Waals surface area contributed by atoms with Gasteiger partial charge in [-0.2, -0.15) is 0 Å². The molecule has 0 aromatic carbocycles. The zero-order valence-electron chi connectivity index (χ0n) is 11.2. The molecule has 3 N–H and O–H groups in total. The van der Waals surface area contributed by atoms with Gasteiger partial charge in [-0.3, -0.25) is 14.3 Å². The highest BCUT2D eigenvalue weighted by Crippen LogP contribution is 2.57. The van der Waals surface area contributed by atoms with Gasteiger partial charge < -0.3 is 10.2 Å². The maximum Gasteiger partial charge on any atom is 0.328 e. The number of aromatic nitrogens is 2. The second-order valence-corrected chi connectivity index (χ2v) is 5.93. The van der Waals surface area contributed by atoms with Crippen LogP contribution in [0.15, 0.2) is 27.9 Å². The maximum absolute atomic E-state index is 12.0. The Morgan fingerprint density at radius 1 is 1.35 bits per heavy atom. The number of aliphatic hydroxyl groups excluding tert-OH is 2. The van der Waals surface area contributed by atoms with Crippen LogP contribution < -0.4 is 11.2 Å². The number of H-pyrrole nitrogens is 1. The Bertz CT molecular complexity index is 668. The molecular weight excluding hydrogens is 260 g/mol. The van der Waals surface area contributed by atoms with Gasteiger partial charge in [0.05, 0.1) is 19.3 Å². The number of hydrogen-bond acceptors (Lipinski definition) is 4. The second kappa shape index (κ2) is 4.43. The molecule has 20 heavy (non-hydrogen) atoms. The SMILES string of the molecule is Cc1cn([C@H]2[C@@H]3C=C[C@H]2C(CO)(CO)C3)c(=O)[nH]c1=O. The predicted octanol–water partition coefficient (Wildman–Crippen LogP) is -0.437. The highest BCUT2D eigenvalue weighted by atomic mass is 16.3. The lowest BCUT2D eigenvalue weighted by molar-refractivity contribution is 0.0286. The van der Waals surface area contributed by atoms with Gasteiger partial charge in [-0.05, 0) is 19.3 Å². The summed E-state index contributed by atoms with van der Waals surface area (Å²) in [6.07, 6.45) is 6.23. The normalized spacial score (nSPS) is 30.1. The molecule has 2 aliphatic rings. The molecular formula is C14H18N2O4. The number of nitrogens with zero attached hydrogens (tertiary/aromatic N) is 1. The molecule has 108 valence electrons. The molecule has 2 aliphatic carbocycles. The summed E-state index contributed by atoms with van der Waals surface area (Å²) in [5.74, 6) is 0.00723. The molecule has 6 heteroatoms. The molecule has 0 saturated heterocycles. The first-order valence-electron chi connectivity index (χ1n) is 6.74. The van der Waals surface area contributed by atoms with Crippen molar-refractivity contribution < 1.29 is 10.2 Å². The van der Waals surface area contributed by atoms with E-state index >= 15 is 0 Å². The average molecular weight is 278 g/mol. The predicted molar refractivity (Wildman–Crippen MR) is 72.4 cm³/mol. The maximum atomic E-state index is 12.0. The first kappa shape index (κ1) is 13.3. The van der Waals surface area contributed by atoms with Crippen molar-refractivity contribution in [3.63, 3.8) is 0 Å². The number of hydrogen-bond donors (Lipinski definition) is 3. The van der Waals surface area contributed by atoms with Crippen molar-refractivity contribution in [1.82, 2.24) is 9.55 Å². The third-order valence-electron chi connectivity index (χ3n) is 4.82. The zero-order valence-corrected chi connectivity index (χ0v) is 11.2. The lowest BCUT2D eigenvalue weighted by atomic mass is 9.77. The van der Waals surface area contributed by atoms with Crippen molar-refractivity contribution in [1.29, 1.82) is 0 Å². The monoisotopic (exact) mass is 278 g/mol. The Morgan fingerprint density at radius 2 is 2.05 bits per heavy atom. The summed E-state index contributed by atoms with van der Waals surface area (Å²) >= 11 is 0. The van der Waals surface area contributed by atoms with Crippen LogP contribution in [-0.2, 0) is 0 Å². The van der Waals surface area contributed by atoms with Gasteiger partial charge in [0, 0.05) is 23.1 Å². The van der Waals surface area contributed by atoms with E-state index in [9.17, 15) is 19.8 Å². The molecule has 0 radical (unpaired) electrons. The van der Waals surface area contributed by atoms with Gasteiger partial charge in [-0.1, -0.05) is 12.2 Å². The third kappa shape index (κ3) is 1.65. The fraction of sp³-hybridized carbons (Fsp3) is 0.571. The first-order chi connectivity index (χ1) is 9.52. The van der Waals surface area contributed by atoms with Crippen LogP contribution in [0.3, 0.4) is 0 Å². The van der Waals surface area contributed by atoms with E-state index in [2.05, 4.69) is 4.98 Å². The van der Waals surface area contributed by atoms with Crippen LogP contribution in [-0.4, -0.2) is 33.0 Å². The number of fused-ring (bicyclic) bond motifs is 2. The van der Waals surface area contributed by atoms with Gasteiger partial charge >= 0.3 is 5.69 Å². The minimum Gasteiger partial charge on any atom is -0.396 e. The number of nitrogens with one attached hydrogen (secondary N) is 1. The van der Waals surface area contributed by atoms with Crippen molar-refractivity contribution in [2.45, 2.75) is 19.4 Å². The van der Waals surface area contributed by atoms with Crippen LogP contribution >= 0.6 is 0 Å². The van der Waals surface area contributed by atoms with Crippen LogP contribution in [0.4, 0.5) is 0 Å². The fourth-order valence-corrected chi connectivity index (χ4v) is 3.69. The first-order valence-corrected chi connectivity index (χ1v) is 6.74. The van der Waals surface area contributed by atoms with Crippen molar-refractivity contribution in [2.24, 2.45) is 17.3 Å². The van der Waals surface area contributed by atoms with E-state index in [4.69, 9.17) is 0 Å². The molecule has 0 aliphatic heterocycles. The molecule has 1 fully saturated rings. The summed E-state index contributed by atoms with van der Waals surface area (Å²) in [5.41, 5.74) is -0.904. The lowest BCUT2D eigenvalue weighted by Gasteiger charge is -2.32. The van der Waals surface area contributed by atoms with Crippen molar-refractivity contribution in [2.75, 3.05) is 13.2 Å². The topological polar surface area (TPSA) is 95.3 Å². The Balaban J connectivity index is 2.08. The standard InChI is InChI=1S/C14H18N2O4/c1-8-5-16(13(20)15-12(8)19)11-9-2-3-10(11)14(4-9,6-17)7-18/h2-3,5,9-11,17-18H,4,6-7H2,1H3,(H,15,19,20)/t9-,10-,11+/m1/s1. The Kier molecular flexibility index (Phi) is 2.95. The molecule has 1 aromatic heterocycles. The van der Waals surface area contributed by atoms with Crippen LogP contribution in [0.5, 0.6) is 0 Å². The van der Waals surface area contributed by atoms with E-state index in [1.807, 2.05) is 12.2 Å². The Hall–Kier alpha value is -1.66. The number of aryl methyl sites for hydroxylation is 1. The van der Waals surface area contributed by atoms with Gasteiger partial charge in [-0.25, -0.2) is 4.79 Å². The highest BCUT2D eigenvalue weighted by Gasteiger charge is 2.55. The summed E-state index contributed by atoms with van der Waals surface area (Å²) in [4.78, 5) is 25.8. The van der Waals surface area contributed by atoms with E-state index < -0.39 is 11.1 Å². The van der Waals surface area contributed by atoms with Crippen LogP contribution in [0.25, 0.3) is 0 Å². The quantitative estimate of drug-likeness (QED) is 0.653. The number of aliphatic hydroxyl groups is 2. The molecule has 3 atom stereocenters. The van der Waals surface area contributed by atoms with E-state index in [-0.39, 0.29) is 36.7 Å². The molecule has 0 amide bonds. The van der Waals surface area contributed by atoms with Crippen LogP contribution in [0.2, 0.25) is 0 Å². The minimum absolute atomic E-state index is 0.0921. The average Bonchev–Trinajstić information content (AvgIpc) is 2.98. The summed E-state index contributed by atoms with van der Waals surface area (Å²) in [6, 6.07) is -0.141. The molecule has 1 aromatic rings. The zero-order chi connectivity index (χ0) is 14.5. The molecule has 0 unspecified atom stereocenters. The van der Waals surface area contributed by atoms with Crippen LogP contribution in [0.1, 0.15) is 18.0 Å². The van der Waals surface area contributed by atoms with Crippen molar-refractivity contribution in [3.05, 3.63) is 44.8 Å². The lowest BCUT2D eigenvalue weighted by Crippen LogP contribution is -2.38. The second-order valence-electron chi connectivity index (χ2n) is 5.93. The van der Waals surface area contributed by atoms with Crippen molar-refractivity contribution >= 4 is 0 Å².